The molecule has 1 atom stereocenters. The largest absolute Gasteiger partial charge is 0.298 e. The summed E-state index contributed by atoms with van der Waals surface area (Å²) < 4.78 is 0. The highest BCUT2D eigenvalue weighted by molar-refractivity contribution is 7.99. The number of hydrogen-bond donors (Lipinski definition) is 0. The SMILES string of the molecule is CC=NCCC(C)SC. The van der Waals surface area contributed by atoms with Crippen LogP contribution in [0.4, 0.5) is 0 Å². The van der Waals surface area contributed by atoms with E-state index >= 15 is 0 Å². The van der Waals surface area contributed by atoms with Gasteiger partial charge in [0.1, 0.15) is 0 Å². The second kappa shape index (κ2) is 6.14. The van der Waals surface area contributed by atoms with E-state index in [1.807, 2.05) is 24.9 Å². The first-order valence-electron chi connectivity index (χ1n) is 3.28. The Hall–Kier alpha value is 0.0200. The molecule has 0 spiro atoms. The minimum absolute atomic E-state index is 0.758. The first-order valence-corrected chi connectivity index (χ1v) is 4.57. The Morgan fingerprint density at radius 1 is 1.67 bits per heavy atom. The Labute approximate surface area is 61.9 Å². The molecule has 0 N–H and O–H groups in total. The summed E-state index contributed by atoms with van der Waals surface area (Å²) in [6, 6.07) is 0. The van der Waals surface area contributed by atoms with E-state index in [1.165, 1.54) is 6.42 Å². The summed E-state index contributed by atoms with van der Waals surface area (Å²) >= 11 is 1.90. The Morgan fingerprint density at radius 3 is 2.78 bits per heavy atom. The molecule has 0 aliphatic rings. The lowest BCUT2D eigenvalue weighted by molar-refractivity contribution is 0.828. The van der Waals surface area contributed by atoms with Crippen LogP contribution in [0.15, 0.2) is 4.99 Å². The van der Waals surface area contributed by atoms with Gasteiger partial charge in [-0.05, 0) is 25.8 Å². The van der Waals surface area contributed by atoms with Gasteiger partial charge in [0.25, 0.3) is 0 Å². The van der Waals surface area contributed by atoms with Crippen LogP contribution < -0.4 is 0 Å². The minimum atomic E-state index is 0.758. The zero-order valence-electron chi connectivity index (χ0n) is 6.42. The van der Waals surface area contributed by atoms with Gasteiger partial charge in [0.15, 0.2) is 0 Å². The summed E-state index contributed by atoms with van der Waals surface area (Å²) in [4.78, 5) is 4.12. The van der Waals surface area contributed by atoms with Crippen LogP contribution in [0.25, 0.3) is 0 Å². The first kappa shape index (κ1) is 9.02. The summed E-state index contributed by atoms with van der Waals surface area (Å²) in [5, 5.41) is 0.758. The Kier molecular flexibility index (Phi) is 6.16. The molecule has 0 heterocycles. The minimum Gasteiger partial charge on any atom is -0.298 e. The predicted molar refractivity (Wildman–Crippen MR) is 46.6 cm³/mol. The molecule has 9 heavy (non-hydrogen) atoms. The van der Waals surface area contributed by atoms with Crippen molar-refractivity contribution >= 4 is 18.0 Å². The molecule has 0 aromatic rings. The average molecular weight is 145 g/mol. The lowest BCUT2D eigenvalue weighted by atomic mass is 10.3. The highest BCUT2D eigenvalue weighted by Crippen LogP contribution is 2.08. The summed E-state index contributed by atoms with van der Waals surface area (Å²) in [7, 11) is 0. The standard InChI is InChI=1S/C7H15NS/c1-4-8-6-5-7(2)9-3/h4,7H,5-6H2,1-3H3. The number of aliphatic imine (C=N–C) groups is 1. The number of rotatable bonds is 4. The van der Waals surface area contributed by atoms with Crippen LogP contribution in [-0.2, 0) is 0 Å². The molecule has 0 amide bonds. The van der Waals surface area contributed by atoms with Crippen molar-refractivity contribution in [2.45, 2.75) is 25.5 Å². The van der Waals surface area contributed by atoms with Gasteiger partial charge in [0, 0.05) is 11.8 Å². The first-order chi connectivity index (χ1) is 4.31. The number of thioether (sulfide) groups is 1. The maximum atomic E-state index is 4.12. The third kappa shape index (κ3) is 5.90. The van der Waals surface area contributed by atoms with Gasteiger partial charge in [-0.1, -0.05) is 6.92 Å². The Balaban J connectivity index is 3.06. The van der Waals surface area contributed by atoms with Gasteiger partial charge in [0.2, 0.25) is 0 Å². The Bertz CT molecular complexity index is 81.0. The quantitative estimate of drug-likeness (QED) is 0.552. The molecule has 54 valence electrons. The van der Waals surface area contributed by atoms with Crippen molar-refractivity contribution in [2.24, 2.45) is 4.99 Å². The second-order valence-corrected chi connectivity index (χ2v) is 3.28. The summed E-state index contributed by atoms with van der Waals surface area (Å²) in [5.74, 6) is 0. The van der Waals surface area contributed by atoms with E-state index in [-0.39, 0.29) is 0 Å². The molecule has 1 nitrogen and oxygen atoms in total. The van der Waals surface area contributed by atoms with E-state index in [0.29, 0.717) is 0 Å². The summed E-state index contributed by atoms with van der Waals surface area (Å²) in [6.07, 6.45) is 5.21. The van der Waals surface area contributed by atoms with E-state index in [1.54, 1.807) is 0 Å². The molecule has 0 aliphatic heterocycles. The fraction of sp³-hybridized carbons (Fsp3) is 0.857. The van der Waals surface area contributed by atoms with Gasteiger partial charge >= 0.3 is 0 Å². The second-order valence-electron chi connectivity index (χ2n) is 2.00. The van der Waals surface area contributed by atoms with Crippen molar-refractivity contribution < 1.29 is 0 Å². The maximum absolute atomic E-state index is 4.12. The predicted octanol–water partition coefficient (Wildman–Crippen LogP) is 2.22. The smallest absolute Gasteiger partial charge is 0.0395 e. The molecule has 1 unspecified atom stereocenters. The molecule has 2 heteroatoms. The Morgan fingerprint density at radius 2 is 2.33 bits per heavy atom. The van der Waals surface area contributed by atoms with Crippen molar-refractivity contribution in [1.82, 2.24) is 0 Å². The van der Waals surface area contributed by atoms with Gasteiger partial charge < -0.3 is 0 Å². The highest BCUT2D eigenvalue weighted by Gasteiger charge is 1.95. The third-order valence-corrected chi connectivity index (χ3v) is 2.29. The summed E-state index contributed by atoms with van der Waals surface area (Å²) in [6.45, 7) is 5.18. The molecule has 0 saturated heterocycles. The molecule has 0 fully saturated rings. The van der Waals surface area contributed by atoms with Crippen molar-refractivity contribution in [3.8, 4) is 0 Å². The van der Waals surface area contributed by atoms with Crippen LogP contribution in [0.1, 0.15) is 20.3 Å². The fourth-order valence-electron chi connectivity index (χ4n) is 0.503. The molecule has 0 radical (unpaired) electrons. The molecular formula is C7H15NS. The lowest BCUT2D eigenvalue weighted by Gasteiger charge is -2.03. The number of hydrogen-bond acceptors (Lipinski definition) is 2. The zero-order chi connectivity index (χ0) is 7.11. The molecule has 0 bridgehead atoms. The van der Waals surface area contributed by atoms with Gasteiger partial charge in [-0.15, -0.1) is 0 Å². The van der Waals surface area contributed by atoms with E-state index in [9.17, 15) is 0 Å². The van der Waals surface area contributed by atoms with Gasteiger partial charge in [-0.25, -0.2) is 0 Å². The van der Waals surface area contributed by atoms with Gasteiger partial charge in [0.05, 0.1) is 0 Å². The van der Waals surface area contributed by atoms with Gasteiger partial charge in [-0.2, -0.15) is 11.8 Å². The molecule has 0 aromatic carbocycles. The van der Waals surface area contributed by atoms with Crippen LogP contribution in [0.2, 0.25) is 0 Å². The number of nitrogens with zero attached hydrogens (tertiary/aromatic N) is 1. The van der Waals surface area contributed by atoms with Crippen molar-refractivity contribution in [3.05, 3.63) is 0 Å². The van der Waals surface area contributed by atoms with E-state index in [4.69, 9.17) is 0 Å². The lowest BCUT2D eigenvalue weighted by Crippen LogP contribution is -1.96. The summed E-state index contributed by atoms with van der Waals surface area (Å²) in [5.41, 5.74) is 0. The van der Waals surface area contributed by atoms with Gasteiger partial charge in [-0.3, -0.25) is 4.99 Å². The van der Waals surface area contributed by atoms with Crippen molar-refractivity contribution in [3.63, 3.8) is 0 Å². The third-order valence-electron chi connectivity index (χ3n) is 1.25. The fourth-order valence-corrected chi connectivity index (χ4v) is 0.844. The molecule has 0 aromatic heterocycles. The molecule has 0 saturated carbocycles. The van der Waals surface area contributed by atoms with Crippen LogP contribution in [0.3, 0.4) is 0 Å². The van der Waals surface area contributed by atoms with Crippen LogP contribution in [0, 0.1) is 0 Å². The van der Waals surface area contributed by atoms with E-state index in [0.717, 1.165) is 11.8 Å². The molecule has 0 rings (SSSR count). The monoisotopic (exact) mass is 145 g/mol. The van der Waals surface area contributed by atoms with Crippen LogP contribution >= 0.6 is 11.8 Å². The highest BCUT2D eigenvalue weighted by atomic mass is 32.2. The zero-order valence-corrected chi connectivity index (χ0v) is 7.24. The van der Waals surface area contributed by atoms with Crippen molar-refractivity contribution in [2.75, 3.05) is 12.8 Å². The molecular weight excluding hydrogens is 130 g/mol. The van der Waals surface area contributed by atoms with E-state index < -0.39 is 0 Å². The van der Waals surface area contributed by atoms with Crippen LogP contribution in [0.5, 0.6) is 0 Å². The maximum Gasteiger partial charge on any atom is 0.0395 e. The molecule has 0 aliphatic carbocycles. The normalized spacial score (nSPS) is 14.6. The van der Waals surface area contributed by atoms with E-state index in [2.05, 4.69) is 18.2 Å². The topological polar surface area (TPSA) is 12.4 Å². The van der Waals surface area contributed by atoms with Crippen LogP contribution in [-0.4, -0.2) is 24.3 Å². The average Bonchev–Trinajstić information content (AvgIpc) is 1.89. The van der Waals surface area contributed by atoms with Crippen molar-refractivity contribution in [1.29, 1.82) is 0 Å².